The maximum atomic E-state index is 12.0. The predicted octanol–water partition coefficient (Wildman–Crippen LogP) is 3.27. The minimum Gasteiger partial charge on any atom is -0.323 e. The number of hydrogen-bond acceptors (Lipinski definition) is 2. The maximum Gasteiger partial charge on any atom is 0.241 e. The standard InChI is InChI=1S/C14H21ClN2O/c1-5-9(3)12(16)14(18)17-13-10(4)6-8(2)7-11(13)15/h6-7,9,12H,5,16H2,1-4H3,(H,17,18)/t9?,12-/m0/s1. The molecule has 1 rings (SSSR count). The highest BCUT2D eigenvalue weighted by atomic mass is 35.5. The second-order valence-corrected chi connectivity index (χ2v) is 5.25. The Morgan fingerprint density at radius 1 is 1.44 bits per heavy atom. The number of benzene rings is 1. The van der Waals surface area contributed by atoms with Crippen molar-refractivity contribution < 1.29 is 4.79 Å². The van der Waals surface area contributed by atoms with Gasteiger partial charge in [-0.15, -0.1) is 0 Å². The maximum absolute atomic E-state index is 12.0. The fourth-order valence-corrected chi connectivity index (χ4v) is 2.16. The van der Waals surface area contributed by atoms with Gasteiger partial charge in [-0.05, 0) is 37.0 Å². The zero-order valence-electron chi connectivity index (χ0n) is 11.4. The predicted molar refractivity (Wildman–Crippen MR) is 77.0 cm³/mol. The van der Waals surface area contributed by atoms with Crippen molar-refractivity contribution in [3.8, 4) is 0 Å². The summed E-state index contributed by atoms with van der Waals surface area (Å²) in [7, 11) is 0. The summed E-state index contributed by atoms with van der Waals surface area (Å²) in [4.78, 5) is 12.0. The third kappa shape index (κ3) is 3.47. The van der Waals surface area contributed by atoms with Gasteiger partial charge in [0.15, 0.2) is 0 Å². The third-order valence-electron chi connectivity index (χ3n) is 3.24. The minimum absolute atomic E-state index is 0.148. The van der Waals surface area contributed by atoms with Gasteiger partial charge in [0.25, 0.3) is 0 Å². The molecule has 1 unspecified atom stereocenters. The highest BCUT2D eigenvalue weighted by molar-refractivity contribution is 6.34. The van der Waals surface area contributed by atoms with Gasteiger partial charge in [0, 0.05) is 0 Å². The van der Waals surface area contributed by atoms with Crippen molar-refractivity contribution in [2.75, 3.05) is 5.32 Å². The van der Waals surface area contributed by atoms with Gasteiger partial charge in [0.05, 0.1) is 16.8 Å². The molecule has 0 aliphatic heterocycles. The van der Waals surface area contributed by atoms with Crippen LogP contribution in [0.4, 0.5) is 5.69 Å². The molecule has 3 nitrogen and oxygen atoms in total. The molecule has 0 aliphatic rings. The summed E-state index contributed by atoms with van der Waals surface area (Å²) < 4.78 is 0. The van der Waals surface area contributed by atoms with E-state index >= 15 is 0 Å². The monoisotopic (exact) mass is 268 g/mol. The lowest BCUT2D eigenvalue weighted by molar-refractivity contribution is -0.118. The SMILES string of the molecule is CCC(C)[C@H](N)C(=O)Nc1c(C)cc(C)cc1Cl. The number of halogens is 1. The molecule has 1 amide bonds. The van der Waals surface area contributed by atoms with E-state index in [4.69, 9.17) is 17.3 Å². The van der Waals surface area contributed by atoms with Crippen LogP contribution in [-0.4, -0.2) is 11.9 Å². The normalized spacial score (nSPS) is 14.1. The summed E-state index contributed by atoms with van der Waals surface area (Å²) >= 11 is 6.14. The van der Waals surface area contributed by atoms with Crippen molar-refractivity contribution in [2.24, 2.45) is 11.7 Å². The van der Waals surface area contributed by atoms with Crippen LogP contribution in [0.2, 0.25) is 5.02 Å². The fraction of sp³-hybridized carbons (Fsp3) is 0.500. The van der Waals surface area contributed by atoms with Gasteiger partial charge in [0.1, 0.15) is 0 Å². The molecule has 0 heterocycles. The topological polar surface area (TPSA) is 55.1 Å². The third-order valence-corrected chi connectivity index (χ3v) is 3.54. The first-order valence-corrected chi connectivity index (χ1v) is 6.57. The summed E-state index contributed by atoms with van der Waals surface area (Å²) in [5, 5.41) is 3.38. The summed E-state index contributed by atoms with van der Waals surface area (Å²) in [5.74, 6) is -0.0345. The largest absolute Gasteiger partial charge is 0.323 e. The average Bonchev–Trinajstić information content (AvgIpc) is 2.31. The van der Waals surface area contributed by atoms with E-state index in [1.165, 1.54) is 0 Å². The fourth-order valence-electron chi connectivity index (χ4n) is 1.79. The smallest absolute Gasteiger partial charge is 0.241 e. The van der Waals surface area contributed by atoms with Crippen molar-refractivity contribution in [3.05, 3.63) is 28.3 Å². The molecule has 18 heavy (non-hydrogen) atoms. The Hall–Kier alpha value is -1.06. The van der Waals surface area contributed by atoms with E-state index < -0.39 is 6.04 Å². The highest BCUT2D eigenvalue weighted by Crippen LogP contribution is 2.27. The highest BCUT2D eigenvalue weighted by Gasteiger charge is 2.20. The lowest BCUT2D eigenvalue weighted by atomic mass is 9.99. The Kier molecular flexibility index (Phi) is 5.17. The molecule has 0 fully saturated rings. The molecular formula is C14H21ClN2O. The van der Waals surface area contributed by atoms with Crippen LogP contribution >= 0.6 is 11.6 Å². The number of hydrogen-bond donors (Lipinski definition) is 2. The van der Waals surface area contributed by atoms with Crippen molar-refractivity contribution in [1.82, 2.24) is 0 Å². The first-order valence-electron chi connectivity index (χ1n) is 6.20. The van der Waals surface area contributed by atoms with Gasteiger partial charge >= 0.3 is 0 Å². The lowest BCUT2D eigenvalue weighted by Crippen LogP contribution is -2.40. The number of amides is 1. The Morgan fingerprint density at radius 2 is 2.06 bits per heavy atom. The van der Waals surface area contributed by atoms with Gasteiger partial charge in [-0.3, -0.25) is 4.79 Å². The Balaban J connectivity index is 2.89. The first-order chi connectivity index (χ1) is 8.36. The molecule has 0 saturated carbocycles. The number of aryl methyl sites for hydroxylation is 2. The summed E-state index contributed by atoms with van der Waals surface area (Å²) in [6.45, 7) is 7.87. The van der Waals surface area contributed by atoms with E-state index in [0.717, 1.165) is 17.5 Å². The average molecular weight is 269 g/mol. The molecule has 0 radical (unpaired) electrons. The van der Waals surface area contributed by atoms with Gasteiger partial charge in [-0.1, -0.05) is 37.9 Å². The van der Waals surface area contributed by atoms with E-state index in [9.17, 15) is 4.79 Å². The summed E-state index contributed by atoms with van der Waals surface area (Å²) in [5.41, 5.74) is 8.57. The number of nitrogens with two attached hydrogens (primary N) is 1. The molecule has 3 N–H and O–H groups in total. The van der Waals surface area contributed by atoms with E-state index in [0.29, 0.717) is 10.7 Å². The van der Waals surface area contributed by atoms with Crippen molar-refractivity contribution in [1.29, 1.82) is 0 Å². The second-order valence-electron chi connectivity index (χ2n) is 4.84. The van der Waals surface area contributed by atoms with Crippen LogP contribution < -0.4 is 11.1 Å². The number of nitrogens with one attached hydrogen (secondary N) is 1. The van der Waals surface area contributed by atoms with Crippen molar-refractivity contribution in [2.45, 2.75) is 40.2 Å². The van der Waals surface area contributed by atoms with E-state index in [2.05, 4.69) is 5.32 Å². The Morgan fingerprint density at radius 3 is 2.56 bits per heavy atom. The Labute approximate surface area is 114 Å². The van der Waals surface area contributed by atoms with Crippen molar-refractivity contribution in [3.63, 3.8) is 0 Å². The molecule has 0 aromatic heterocycles. The minimum atomic E-state index is -0.508. The summed E-state index contributed by atoms with van der Waals surface area (Å²) in [6.07, 6.45) is 0.870. The van der Waals surface area contributed by atoms with Crippen LogP contribution in [0.15, 0.2) is 12.1 Å². The molecule has 0 aliphatic carbocycles. The van der Waals surface area contributed by atoms with Crippen LogP contribution in [-0.2, 0) is 4.79 Å². The van der Waals surface area contributed by atoms with E-state index in [1.807, 2.05) is 39.8 Å². The molecule has 1 aromatic rings. The van der Waals surface area contributed by atoms with E-state index in [1.54, 1.807) is 0 Å². The lowest BCUT2D eigenvalue weighted by Gasteiger charge is -2.19. The Bertz CT molecular complexity index is 422. The molecule has 0 saturated heterocycles. The van der Waals surface area contributed by atoms with Gasteiger partial charge < -0.3 is 11.1 Å². The molecular weight excluding hydrogens is 248 g/mol. The molecule has 100 valence electrons. The van der Waals surface area contributed by atoms with Crippen LogP contribution in [0, 0.1) is 19.8 Å². The van der Waals surface area contributed by atoms with Gasteiger partial charge in [0.2, 0.25) is 5.91 Å². The summed E-state index contributed by atoms with van der Waals surface area (Å²) in [6, 6.07) is 3.31. The van der Waals surface area contributed by atoms with Crippen LogP contribution in [0.3, 0.4) is 0 Å². The molecule has 0 spiro atoms. The quantitative estimate of drug-likeness (QED) is 0.881. The number of carbonyl (C=O) groups is 1. The zero-order chi connectivity index (χ0) is 13.9. The first kappa shape index (κ1) is 15.0. The number of carbonyl (C=O) groups excluding carboxylic acids is 1. The molecule has 1 aromatic carbocycles. The van der Waals surface area contributed by atoms with Crippen LogP contribution in [0.5, 0.6) is 0 Å². The van der Waals surface area contributed by atoms with Gasteiger partial charge in [-0.25, -0.2) is 0 Å². The van der Waals surface area contributed by atoms with E-state index in [-0.39, 0.29) is 11.8 Å². The molecule has 0 bridgehead atoms. The van der Waals surface area contributed by atoms with Crippen LogP contribution in [0.25, 0.3) is 0 Å². The van der Waals surface area contributed by atoms with Crippen LogP contribution in [0.1, 0.15) is 31.4 Å². The van der Waals surface area contributed by atoms with Gasteiger partial charge in [-0.2, -0.15) is 0 Å². The zero-order valence-corrected chi connectivity index (χ0v) is 12.1. The second kappa shape index (κ2) is 6.21. The number of rotatable bonds is 4. The number of anilines is 1. The molecule has 2 atom stereocenters. The van der Waals surface area contributed by atoms with Crippen molar-refractivity contribution >= 4 is 23.2 Å². The molecule has 4 heteroatoms.